The minimum Gasteiger partial charge on any atom is -0.388 e. The van der Waals surface area contributed by atoms with Crippen LogP contribution in [0.5, 0.6) is 0 Å². The van der Waals surface area contributed by atoms with Crippen molar-refractivity contribution in [3.05, 3.63) is 60.6 Å². The van der Waals surface area contributed by atoms with E-state index in [0.717, 1.165) is 48.8 Å². The van der Waals surface area contributed by atoms with E-state index in [2.05, 4.69) is 44.2 Å². The van der Waals surface area contributed by atoms with E-state index in [-0.39, 0.29) is 5.91 Å². The predicted octanol–water partition coefficient (Wildman–Crippen LogP) is 3.55. The highest BCUT2D eigenvalue weighted by molar-refractivity contribution is 5.88. The lowest BCUT2D eigenvalue weighted by Gasteiger charge is -2.44. The number of pyridine rings is 1. The van der Waals surface area contributed by atoms with Crippen LogP contribution in [0.3, 0.4) is 0 Å². The zero-order valence-corrected chi connectivity index (χ0v) is 17.3. The van der Waals surface area contributed by atoms with Crippen molar-refractivity contribution in [1.82, 2.24) is 14.5 Å². The number of carbonyl (C=O) groups excluding carboxylic acids is 1. The van der Waals surface area contributed by atoms with Crippen LogP contribution >= 0.6 is 0 Å². The maximum atomic E-state index is 11.5. The van der Waals surface area contributed by atoms with Crippen molar-refractivity contribution < 1.29 is 9.90 Å². The van der Waals surface area contributed by atoms with Gasteiger partial charge in [-0.3, -0.25) is 14.7 Å². The monoisotopic (exact) mass is 404 g/mol. The Morgan fingerprint density at radius 3 is 2.60 bits per heavy atom. The fraction of sp³-hybridized carbons (Fsp3) is 0.417. The Labute approximate surface area is 176 Å². The summed E-state index contributed by atoms with van der Waals surface area (Å²) in [6.45, 7) is 3.03. The molecule has 2 aliphatic rings. The molecule has 2 atom stereocenters. The van der Waals surface area contributed by atoms with Crippen molar-refractivity contribution in [3.8, 4) is 0 Å². The number of hydrogen-bond acceptors (Lipinski definition) is 4. The molecule has 6 nitrogen and oxygen atoms in total. The number of benzene rings is 1. The molecule has 2 fully saturated rings. The number of aliphatic hydroxyl groups is 1. The molecule has 2 aliphatic heterocycles. The number of piperidine rings is 1. The first kappa shape index (κ1) is 19.3. The van der Waals surface area contributed by atoms with Crippen LogP contribution in [0.15, 0.2) is 55.0 Å². The Morgan fingerprint density at radius 2 is 1.90 bits per heavy atom. The SMILES string of the molecule is CC(=O)Nc1ccc(CN2[C@H]3CC[C@H]2CC(O)(Cn2ccc4ccncc42)C3)cc1. The third-order valence-electron chi connectivity index (χ3n) is 6.68. The number of hydrogen-bond donors (Lipinski definition) is 2. The van der Waals surface area contributed by atoms with Gasteiger partial charge < -0.3 is 15.0 Å². The van der Waals surface area contributed by atoms with Crippen LogP contribution in [0.4, 0.5) is 5.69 Å². The molecule has 2 bridgehead atoms. The van der Waals surface area contributed by atoms with Crippen molar-refractivity contribution in [2.75, 3.05) is 5.32 Å². The number of aromatic nitrogens is 2. The zero-order chi connectivity index (χ0) is 20.7. The molecule has 5 rings (SSSR count). The van der Waals surface area contributed by atoms with Gasteiger partial charge in [0, 0.05) is 49.0 Å². The fourth-order valence-corrected chi connectivity index (χ4v) is 5.39. The summed E-state index contributed by atoms with van der Waals surface area (Å²) < 4.78 is 2.15. The first-order valence-corrected chi connectivity index (χ1v) is 10.7. The van der Waals surface area contributed by atoms with Crippen LogP contribution in [0.25, 0.3) is 10.9 Å². The molecule has 1 aromatic carbocycles. The number of nitrogens with one attached hydrogen (secondary N) is 1. The lowest BCUT2D eigenvalue weighted by atomic mass is 9.85. The van der Waals surface area contributed by atoms with E-state index in [1.807, 2.05) is 30.6 Å². The molecule has 3 aromatic rings. The average molecular weight is 405 g/mol. The van der Waals surface area contributed by atoms with Crippen molar-refractivity contribution in [2.24, 2.45) is 0 Å². The van der Waals surface area contributed by atoms with Crippen LogP contribution < -0.4 is 5.32 Å². The van der Waals surface area contributed by atoms with E-state index in [1.165, 1.54) is 12.5 Å². The van der Waals surface area contributed by atoms with Crippen LogP contribution in [0.1, 0.15) is 38.2 Å². The second-order valence-electron chi connectivity index (χ2n) is 8.95. The van der Waals surface area contributed by atoms with E-state index >= 15 is 0 Å². The highest BCUT2D eigenvalue weighted by Crippen LogP contribution is 2.42. The molecule has 0 spiro atoms. The normalized spacial score (nSPS) is 26.2. The van der Waals surface area contributed by atoms with Crippen LogP contribution in [-0.2, 0) is 17.9 Å². The Balaban J connectivity index is 1.28. The molecule has 2 N–H and O–H groups in total. The summed E-state index contributed by atoms with van der Waals surface area (Å²) in [5, 5.41) is 15.5. The first-order valence-electron chi connectivity index (χ1n) is 10.7. The van der Waals surface area contributed by atoms with Crippen molar-refractivity contribution in [3.63, 3.8) is 0 Å². The summed E-state index contributed by atoms with van der Waals surface area (Å²) in [4.78, 5) is 18.0. The molecule has 156 valence electrons. The maximum absolute atomic E-state index is 11.5. The van der Waals surface area contributed by atoms with Gasteiger partial charge in [-0.05, 0) is 55.5 Å². The largest absolute Gasteiger partial charge is 0.388 e. The summed E-state index contributed by atoms with van der Waals surface area (Å²) in [6, 6.07) is 13.0. The number of rotatable bonds is 5. The minimum atomic E-state index is -0.681. The van der Waals surface area contributed by atoms with Crippen molar-refractivity contribution in [1.29, 1.82) is 0 Å². The van der Waals surface area contributed by atoms with Gasteiger partial charge in [0.15, 0.2) is 0 Å². The molecule has 30 heavy (non-hydrogen) atoms. The van der Waals surface area contributed by atoms with E-state index < -0.39 is 5.60 Å². The third-order valence-corrected chi connectivity index (χ3v) is 6.68. The maximum Gasteiger partial charge on any atom is 0.221 e. The zero-order valence-electron chi connectivity index (χ0n) is 17.3. The smallest absolute Gasteiger partial charge is 0.221 e. The quantitative estimate of drug-likeness (QED) is 0.682. The van der Waals surface area contributed by atoms with Gasteiger partial charge in [0.2, 0.25) is 5.91 Å². The van der Waals surface area contributed by atoms with E-state index in [0.29, 0.717) is 18.6 Å². The molecular weight excluding hydrogens is 376 g/mol. The summed E-state index contributed by atoms with van der Waals surface area (Å²) in [5.41, 5.74) is 2.48. The molecule has 2 aromatic heterocycles. The lowest BCUT2D eigenvalue weighted by Crippen LogP contribution is -2.52. The highest BCUT2D eigenvalue weighted by Gasteiger charge is 2.47. The second kappa shape index (κ2) is 7.52. The minimum absolute atomic E-state index is 0.0534. The Kier molecular flexibility index (Phi) is 4.83. The third kappa shape index (κ3) is 3.73. The average Bonchev–Trinajstić information content (AvgIpc) is 3.22. The van der Waals surface area contributed by atoms with Gasteiger partial charge in [0.25, 0.3) is 0 Å². The summed E-state index contributed by atoms with van der Waals surface area (Å²) in [5.74, 6) is -0.0534. The molecule has 1 amide bonds. The molecule has 0 unspecified atom stereocenters. The topological polar surface area (TPSA) is 70.4 Å². The van der Waals surface area contributed by atoms with Gasteiger partial charge in [-0.1, -0.05) is 12.1 Å². The molecule has 2 saturated heterocycles. The number of amides is 1. The Morgan fingerprint density at radius 1 is 1.17 bits per heavy atom. The molecular formula is C24H28N4O2. The lowest BCUT2D eigenvalue weighted by molar-refractivity contribution is -0.114. The van der Waals surface area contributed by atoms with Crippen molar-refractivity contribution in [2.45, 2.75) is 63.4 Å². The van der Waals surface area contributed by atoms with Crippen LogP contribution in [-0.4, -0.2) is 43.1 Å². The van der Waals surface area contributed by atoms with E-state index in [1.54, 1.807) is 0 Å². The van der Waals surface area contributed by atoms with Gasteiger partial charge in [-0.2, -0.15) is 0 Å². The van der Waals surface area contributed by atoms with Crippen LogP contribution in [0, 0.1) is 0 Å². The van der Waals surface area contributed by atoms with E-state index in [9.17, 15) is 9.90 Å². The number of anilines is 1. The molecule has 6 heteroatoms. The number of carbonyl (C=O) groups is 1. The molecule has 0 radical (unpaired) electrons. The summed E-state index contributed by atoms with van der Waals surface area (Å²) >= 11 is 0. The van der Waals surface area contributed by atoms with Crippen LogP contribution in [0.2, 0.25) is 0 Å². The van der Waals surface area contributed by atoms with Gasteiger partial charge in [-0.25, -0.2) is 0 Å². The molecule has 0 aliphatic carbocycles. The Bertz CT molecular complexity index is 1040. The standard InChI is InChI=1S/C24H28N4O2/c1-17(29)26-20-4-2-18(3-5-20)15-28-21-6-7-22(28)13-24(30,12-21)16-27-11-9-19-8-10-25-14-23(19)27/h2-5,8-11,14,21-22,30H,6-7,12-13,15-16H2,1H3,(H,26,29)/t21-,22-/m0/s1. The number of fused-ring (bicyclic) bond motifs is 3. The number of nitrogens with zero attached hydrogens (tertiary/aromatic N) is 3. The molecule has 4 heterocycles. The summed E-state index contributed by atoms with van der Waals surface area (Å²) in [7, 11) is 0. The Hall–Kier alpha value is -2.70. The first-order chi connectivity index (χ1) is 14.5. The fourth-order valence-electron chi connectivity index (χ4n) is 5.39. The van der Waals surface area contributed by atoms with Gasteiger partial charge in [-0.15, -0.1) is 0 Å². The van der Waals surface area contributed by atoms with E-state index in [4.69, 9.17) is 0 Å². The van der Waals surface area contributed by atoms with Gasteiger partial charge >= 0.3 is 0 Å². The highest BCUT2D eigenvalue weighted by atomic mass is 16.3. The van der Waals surface area contributed by atoms with Gasteiger partial charge in [0.05, 0.1) is 23.9 Å². The summed E-state index contributed by atoms with van der Waals surface area (Å²) in [6.07, 6.45) is 9.64. The second-order valence-corrected chi connectivity index (χ2v) is 8.95. The predicted molar refractivity (Wildman–Crippen MR) is 117 cm³/mol. The molecule has 0 saturated carbocycles. The van der Waals surface area contributed by atoms with Gasteiger partial charge in [0.1, 0.15) is 0 Å². The van der Waals surface area contributed by atoms with Crippen molar-refractivity contribution >= 4 is 22.5 Å².